The summed E-state index contributed by atoms with van der Waals surface area (Å²) in [5, 5.41) is 19.7. The van der Waals surface area contributed by atoms with Crippen molar-refractivity contribution in [1.82, 2.24) is 0 Å². The molecule has 0 aromatic heterocycles. The summed E-state index contributed by atoms with van der Waals surface area (Å²) < 4.78 is 6.03. The first-order valence-corrected chi connectivity index (χ1v) is 15.1. The number of carbonyl (C=O) groups excluding carboxylic acids is 1. The lowest BCUT2D eigenvalue weighted by Gasteiger charge is -2.62. The molecule has 2 N–H and O–H groups in total. The Morgan fingerprint density at radius 2 is 1.69 bits per heavy atom. The molecule has 0 aliphatic heterocycles. The fourth-order valence-electron chi connectivity index (χ4n) is 9.90. The van der Waals surface area contributed by atoms with E-state index >= 15 is 0 Å². The van der Waals surface area contributed by atoms with E-state index in [2.05, 4.69) is 34.6 Å². The van der Waals surface area contributed by atoms with Crippen LogP contribution in [0.3, 0.4) is 0 Å². The third-order valence-electron chi connectivity index (χ3n) is 11.7. The molecule has 0 saturated heterocycles. The Morgan fingerprint density at radius 3 is 2.39 bits per heavy atom. The number of aliphatic carboxylic acids is 1. The second-order valence-corrected chi connectivity index (χ2v) is 14.0. The molecule has 0 bridgehead atoms. The van der Waals surface area contributed by atoms with Crippen molar-refractivity contribution in [3.05, 3.63) is 0 Å². The molecule has 4 rings (SSSR count). The van der Waals surface area contributed by atoms with E-state index in [1.165, 1.54) is 51.4 Å². The van der Waals surface area contributed by atoms with E-state index in [1.807, 2.05) is 0 Å². The van der Waals surface area contributed by atoms with Gasteiger partial charge in [-0.05, 0) is 91.8 Å². The van der Waals surface area contributed by atoms with Gasteiger partial charge in [-0.25, -0.2) is 0 Å². The van der Waals surface area contributed by atoms with Gasteiger partial charge in [-0.1, -0.05) is 53.9 Å². The number of rotatable bonds is 9. The van der Waals surface area contributed by atoms with E-state index in [-0.39, 0.29) is 24.4 Å². The van der Waals surface area contributed by atoms with Gasteiger partial charge in [0, 0.05) is 11.8 Å². The first-order valence-electron chi connectivity index (χ1n) is 15.1. The van der Waals surface area contributed by atoms with Crippen molar-refractivity contribution in [2.24, 2.45) is 52.3 Å². The van der Waals surface area contributed by atoms with Crippen molar-refractivity contribution in [2.45, 2.75) is 130 Å². The van der Waals surface area contributed by atoms with Crippen molar-refractivity contribution >= 4 is 11.9 Å². The molecular weight excluding hydrogens is 452 g/mol. The number of fused-ring (bicyclic) bond motifs is 5. The number of carbonyl (C=O) groups is 2. The van der Waals surface area contributed by atoms with E-state index in [0.717, 1.165) is 36.5 Å². The van der Waals surface area contributed by atoms with Gasteiger partial charge in [0.05, 0.1) is 18.9 Å². The highest BCUT2D eigenvalue weighted by Crippen LogP contribution is 2.68. The molecular formula is C31H52O5. The first-order chi connectivity index (χ1) is 17.0. The summed E-state index contributed by atoms with van der Waals surface area (Å²) >= 11 is 0. The van der Waals surface area contributed by atoms with Crippen LogP contribution in [0.1, 0.15) is 118 Å². The first kappa shape index (κ1) is 27.9. The van der Waals surface area contributed by atoms with Crippen molar-refractivity contribution in [3.8, 4) is 0 Å². The SMILES string of the molecule is CC(C)CCC[C@@H](C)[C@H]1CC[C@H]2[C@@H]3CCC4C[C@@H](O)CC(OC(=O)CCC(=O)O)[C@]4(C)[C@H]3CC[C@]12C. The number of hydrogen-bond donors (Lipinski definition) is 2. The average molecular weight is 505 g/mol. The van der Waals surface area contributed by atoms with Crippen LogP contribution in [-0.2, 0) is 14.3 Å². The van der Waals surface area contributed by atoms with Crippen LogP contribution in [0.25, 0.3) is 0 Å². The van der Waals surface area contributed by atoms with Crippen molar-refractivity contribution in [1.29, 1.82) is 0 Å². The normalized spacial score (nSPS) is 42.8. The lowest BCUT2D eigenvalue weighted by molar-refractivity contribution is -0.203. The number of aliphatic hydroxyl groups excluding tert-OH is 1. The number of carboxylic acid groups (broad SMARTS) is 1. The number of ether oxygens (including phenoxy) is 1. The predicted molar refractivity (Wildman–Crippen MR) is 141 cm³/mol. The molecule has 0 spiro atoms. The largest absolute Gasteiger partial charge is 0.481 e. The standard InChI is InChI=1S/C31H52O5/c1-19(2)7-6-8-20(3)24-11-12-25-23-10-9-21-17-22(32)18-27(36-29(35)14-13-28(33)34)31(21,5)26(23)15-16-30(24,25)4/h19-27,32H,6-18H2,1-5H3,(H,33,34)/t20-,21?,22-,23+,24-,25+,26+,27?,30-,31+/m1/s1. The van der Waals surface area contributed by atoms with Gasteiger partial charge in [-0.15, -0.1) is 0 Å². The zero-order chi connectivity index (χ0) is 26.3. The molecule has 4 fully saturated rings. The molecule has 2 unspecified atom stereocenters. The van der Waals surface area contributed by atoms with E-state index < -0.39 is 18.0 Å². The van der Waals surface area contributed by atoms with Gasteiger partial charge in [-0.2, -0.15) is 0 Å². The van der Waals surface area contributed by atoms with Crippen LogP contribution in [0.4, 0.5) is 0 Å². The molecule has 5 nitrogen and oxygen atoms in total. The van der Waals surface area contributed by atoms with Crippen LogP contribution < -0.4 is 0 Å². The van der Waals surface area contributed by atoms with Crippen LogP contribution in [0.5, 0.6) is 0 Å². The van der Waals surface area contributed by atoms with Crippen molar-refractivity contribution < 1.29 is 24.5 Å². The van der Waals surface area contributed by atoms with Crippen LogP contribution in [0.15, 0.2) is 0 Å². The Hall–Kier alpha value is -1.10. The third kappa shape index (κ3) is 5.24. The van der Waals surface area contributed by atoms with Gasteiger partial charge in [0.15, 0.2) is 0 Å². The van der Waals surface area contributed by atoms with Crippen LogP contribution >= 0.6 is 0 Å². The Balaban J connectivity index is 1.50. The second-order valence-electron chi connectivity index (χ2n) is 14.0. The summed E-state index contributed by atoms with van der Waals surface area (Å²) in [7, 11) is 0. The molecule has 206 valence electrons. The number of esters is 1. The molecule has 5 heteroatoms. The van der Waals surface area contributed by atoms with E-state index in [4.69, 9.17) is 9.84 Å². The number of hydrogen-bond acceptors (Lipinski definition) is 4. The molecule has 0 radical (unpaired) electrons. The fourth-order valence-corrected chi connectivity index (χ4v) is 9.90. The molecule has 0 heterocycles. The summed E-state index contributed by atoms with van der Waals surface area (Å²) in [5.74, 6) is 3.32. The maximum absolute atomic E-state index is 12.6. The Bertz CT molecular complexity index is 794. The van der Waals surface area contributed by atoms with Gasteiger partial charge in [0.2, 0.25) is 0 Å². The molecule has 4 aliphatic rings. The highest BCUT2D eigenvalue weighted by molar-refractivity contribution is 5.76. The summed E-state index contributed by atoms with van der Waals surface area (Å²) in [5.41, 5.74) is 0.298. The fraction of sp³-hybridized carbons (Fsp3) is 0.935. The minimum atomic E-state index is -0.974. The zero-order valence-corrected chi connectivity index (χ0v) is 23.5. The molecule has 4 saturated carbocycles. The van der Waals surface area contributed by atoms with Crippen molar-refractivity contribution in [3.63, 3.8) is 0 Å². The third-order valence-corrected chi connectivity index (χ3v) is 11.7. The highest BCUT2D eigenvalue weighted by Gasteiger charge is 2.63. The van der Waals surface area contributed by atoms with E-state index in [0.29, 0.717) is 29.6 Å². The summed E-state index contributed by atoms with van der Waals surface area (Å²) in [6.07, 6.45) is 11.8. The van der Waals surface area contributed by atoms with E-state index in [1.54, 1.807) is 0 Å². The van der Waals surface area contributed by atoms with Crippen molar-refractivity contribution in [2.75, 3.05) is 0 Å². The minimum Gasteiger partial charge on any atom is -0.481 e. The molecule has 4 aliphatic carbocycles. The number of carboxylic acids is 1. The average Bonchev–Trinajstić information content (AvgIpc) is 3.15. The Morgan fingerprint density at radius 1 is 0.944 bits per heavy atom. The van der Waals surface area contributed by atoms with Gasteiger partial charge < -0.3 is 14.9 Å². The van der Waals surface area contributed by atoms with Crippen LogP contribution in [0.2, 0.25) is 0 Å². The Labute approximate surface area is 219 Å². The smallest absolute Gasteiger partial charge is 0.306 e. The maximum atomic E-state index is 12.6. The molecule has 0 aromatic rings. The van der Waals surface area contributed by atoms with Crippen LogP contribution in [-0.4, -0.2) is 34.4 Å². The van der Waals surface area contributed by atoms with Gasteiger partial charge in [0.25, 0.3) is 0 Å². The summed E-state index contributed by atoms with van der Waals surface area (Å²) in [4.78, 5) is 23.6. The number of aliphatic hydroxyl groups is 1. The van der Waals surface area contributed by atoms with Crippen LogP contribution in [0, 0.1) is 52.3 Å². The minimum absolute atomic E-state index is 0.0894. The summed E-state index contributed by atoms with van der Waals surface area (Å²) in [6, 6.07) is 0. The Kier molecular flexibility index (Phi) is 8.49. The molecule has 0 aromatic carbocycles. The maximum Gasteiger partial charge on any atom is 0.306 e. The monoisotopic (exact) mass is 504 g/mol. The van der Waals surface area contributed by atoms with E-state index in [9.17, 15) is 14.7 Å². The second kappa shape index (κ2) is 10.9. The van der Waals surface area contributed by atoms with Gasteiger partial charge in [0.1, 0.15) is 6.10 Å². The zero-order valence-electron chi connectivity index (χ0n) is 23.5. The molecule has 36 heavy (non-hydrogen) atoms. The highest BCUT2D eigenvalue weighted by atomic mass is 16.5. The predicted octanol–water partition coefficient (Wildman–Crippen LogP) is 6.86. The van der Waals surface area contributed by atoms with Gasteiger partial charge in [-0.3, -0.25) is 9.59 Å². The molecule has 10 atom stereocenters. The lowest BCUT2D eigenvalue weighted by atomic mass is 9.43. The van der Waals surface area contributed by atoms with Gasteiger partial charge >= 0.3 is 11.9 Å². The quantitative estimate of drug-likeness (QED) is 0.335. The lowest BCUT2D eigenvalue weighted by Crippen LogP contribution is -2.60. The molecule has 0 amide bonds. The topological polar surface area (TPSA) is 83.8 Å². The summed E-state index contributed by atoms with van der Waals surface area (Å²) in [6.45, 7) is 12.1.